The fourth-order valence-corrected chi connectivity index (χ4v) is 3.30. The molecule has 0 bridgehead atoms. The second-order valence-electron chi connectivity index (χ2n) is 6.97. The minimum absolute atomic E-state index is 0.0759. The maximum Gasteiger partial charge on any atom is 0.315 e. The van der Waals surface area contributed by atoms with Crippen molar-refractivity contribution in [2.75, 3.05) is 12.3 Å². The first kappa shape index (κ1) is 21.8. The van der Waals surface area contributed by atoms with Crippen LogP contribution in [0.1, 0.15) is 40.9 Å². The molecule has 150 valence electrons. The molecule has 2 rings (SSSR count). The Labute approximate surface area is 171 Å². The molecule has 0 fully saturated rings. The molecule has 2 aromatic rings. The van der Waals surface area contributed by atoms with Gasteiger partial charge in [0.1, 0.15) is 0 Å². The van der Waals surface area contributed by atoms with Crippen LogP contribution in [0.5, 0.6) is 0 Å². The molecule has 0 spiro atoms. The minimum atomic E-state index is -0.194. The second-order valence-corrected chi connectivity index (χ2v) is 8.08. The van der Waals surface area contributed by atoms with Gasteiger partial charge in [0.15, 0.2) is 0 Å². The quantitative estimate of drug-likeness (QED) is 0.561. The molecule has 5 nitrogen and oxygen atoms in total. The maximum absolute atomic E-state index is 12.2. The zero-order valence-corrected chi connectivity index (χ0v) is 17.6. The number of nitrogens with one attached hydrogen (secondary N) is 3. The summed E-state index contributed by atoms with van der Waals surface area (Å²) in [5, 5.41) is 8.51. The van der Waals surface area contributed by atoms with Crippen LogP contribution in [0, 0.1) is 6.92 Å². The SMILES string of the molecule is Cc1ccc(CSCCNC(=O)c2ccc(CNC(=O)NC(C)C)cc2)cc1. The van der Waals surface area contributed by atoms with Crippen molar-refractivity contribution in [1.29, 1.82) is 0 Å². The first-order valence-corrected chi connectivity index (χ1v) is 10.6. The van der Waals surface area contributed by atoms with E-state index in [-0.39, 0.29) is 18.0 Å². The van der Waals surface area contributed by atoms with Gasteiger partial charge < -0.3 is 16.0 Å². The van der Waals surface area contributed by atoms with Crippen LogP contribution in [0.4, 0.5) is 4.79 Å². The second kappa shape index (κ2) is 11.4. The summed E-state index contributed by atoms with van der Waals surface area (Å²) in [4.78, 5) is 23.8. The average Bonchev–Trinajstić information content (AvgIpc) is 2.67. The molecule has 3 N–H and O–H groups in total. The lowest BCUT2D eigenvalue weighted by Gasteiger charge is -2.10. The molecule has 6 heteroatoms. The molecule has 0 atom stereocenters. The molecule has 0 aromatic heterocycles. The molecule has 0 aliphatic rings. The van der Waals surface area contributed by atoms with E-state index in [1.807, 2.05) is 26.0 Å². The van der Waals surface area contributed by atoms with Crippen LogP contribution in [0.2, 0.25) is 0 Å². The van der Waals surface area contributed by atoms with Crippen molar-refractivity contribution in [2.45, 2.75) is 39.1 Å². The predicted octanol–water partition coefficient (Wildman–Crippen LogP) is 3.87. The number of benzene rings is 2. The lowest BCUT2D eigenvalue weighted by atomic mass is 10.1. The highest BCUT2D eigenvalue weighted by atomic mass is 32.2. The Balaban J connectivity index is 1.66. The van der Waals surface area contributed by atoms with Gasteiger partial charge in [0.2, 0.25) is 0 Å². The number of aryl methyl sites for hydroxylation is 1. The van der Waals surface area contributed by atoms with E-state index in [1.54, 1.807) is 23.9 Å². The molecule has 0 aliphatic carbocycles. The molecule has 0 saturated heterocycles. The zero-order chi connectivity index (χ0) is 20.4. The topological polar surface area (TPSA) is 70.2 Å². The highest BCUT2D eigenvalue weighted by molar-refractivity contribution is 7.98. The Hall–Kier alpha value is -2.47. The summed E-state index contributed by atoms with van der Waals surface area (Å²) in [5.41, 5.74) is 4.14. The lowest BCUT2D eigenvalue weighted by Crippen LogP contribution is -2.39. The van der Waals surface area contributed by atoms with E-state index in [1.165, 1.54) is 11.1 Å². The molecule has 0 unspecified atom stereocenters. The van der Waals surface area contributed by atoms with Crippen LogP contribution in [-0.2, 0) is 12.3 Å². The summed E-state index contributed by atoms with van der Waals surface area (Å²) >= 11 is 1.80. The van der Waals surface area contributed by atoms with Gasteiger partial charge in [-0.15, -0.1) is 0 Å². The Morgan fingerprint density at radius 1 is 0.929 bits per heavy atom. The van der Waals surface area contributed by atoms with E-state index in [2.05, 4.69) is 47.1 Å². The third-order valence-corrected chi connectivity index (χ3v) is 5.04. The van der Waals surface area contributed by atoms with Crippen molar-refractivity contribution in [3.8, 4) is 0 Å². The van der Waals surface area contributed by atoms with Gasteiger partial charge in [-0.3, -0.25) is 4.79 Å². The monoisotopic (exact) mass is 399 g/mol. The van der Waals surface area contributed by atoms with E-state index in [9.17, 15) is 9.59 Å². The van der Waals surface area contributed by atoms with Crippen LogP contribution in [0.3, 0.4) is 0 Å². The van der Waals surface area contributed by atoms with Gasteiger partial charge in [0.05, 0.1) is 0 Å². The standard InChI is InChI=1S/C22H29N3O2S/c1-16(2)25-22(27)24-14-18-8-10-20(11-9-18)21(26)23-12-13-28-15-19-6-4-17(3)5-7-19/h4-11,16H,12-15H2,1-3H3,(H,23,26)(H2,24,25,27). The van der Waals surface area contributed by atoms with Crippen molar-refractivity contribution in [3.05, 3.63) is 70.8 Å². The molecule has 0 radical (unpaired) electrons. The third kappa shape index (κ3) is 8.05. The number of hydrogen-bond donors (Lipinski definition) is 3. The summed E-state index contributed by atoms with van der Waals surface area (Å²) in [6.07, 6.45) is 0. The summed E-state index contributed by atoms with van der Waals surface area (Å²) < 4.78 is 0. The number of thioether (sulfide) groups is 1. The fraction of sp³-hybridized carbons (Fsp3) is 0.364. The van der Waals surface area contributed by atoms with E-state index in [0.717, 1.165) is 17.1 Å². The summed E-state index contributed by atoms with van der Waals surface area (Å²) in [6, 6.07) is 15.7. The molecule has 28 heavy (non-hydrogen) atoms. The van der Waals surface area contributed by atoms with Gasteiger partial charge in [-0.25, -0.2) is 4.79 Å². The fourth-order valence-electron chi connectivity index (χ4n) is 2.48. The number of rotatable bonds is 9. The molecule has 0 heterocycles. The van der Waals surface area contributed by atoms with Crippen LogP contribution < -0.4 is 16.0 Å². The smallest absolute Gasteiger partial charge is 0.315 e. The Bertz CT molecular complexity index is 758. The van der Waals surface area contributed by atoms with Gasteiger partial charge in [-0.2, -0.15) is 11.8 Å². The highest BCUT2D eigenvalue weighted by Gasteiger charge is 2.06. The third-order valence-electron chi connectivity index (χ3n) is 4.01. The van der Waals surface area contributed by atoms with Crippen molar-refractivity contribution < 1.29 is 9.59 Å². The molecule has 0 aliphatic heterocycles. The summed E-state index contributed by atoms with van der Waals surface area (Å²) in [6.45, 7) is 6.96. The number of carbonyl (C=O) groups is 2. The van der Waals surface area contributed by atoms with E-state index >= 15 is 0 Å². The predicted molar refractivity (Wildman–Crippen MR) is 117 cm³/mol. The van der Waals surface area contributed by atoms with Crippen molar-refractivity contribution >= 4 is 23.7 Å². The molecule has 3 amide bonds. The molecular weight excluding hydrogens is 370 g/mol. The van der Waals surface area contributed by atoms with Crippen LogP contribution in [0.15, 0.2) is 48.5 Å². The largest absolute Gasteiger partial charge is 0.351 e. The number of hydrogen-bond acceptors (Lipinski definition) is 3. The Morgan fingerprint density at radius 2 is 1.57 bits per heavy atom. The average molecular weight is 400 g/mol. The van der Waals surface area contributed by atoms with Crippen molar-refractivity contribution in [3.63, 3.8) is 0 Å². The summed E-state index contributed by atoms with van der Waals surface area (Å²) in [5.74, 6) is 1.74. The van der Waals surface area contributed by atoms with Crippen molar-refractivity contribution in [2.24, 2.45) is 0 Å². The molecule has 2 aromatic carbocycles. The number of carbonyl (C=O) groups excluding carboxylic acids is 2. The van der Waals surface area contributed by atoms with Gasteiger partial charge in [0.25, 0.3) is 5.91 Å². The first-order valence-electron chi connectivity index (χ1n) is 9.49. The van der Waals surface area contributed by atoms with Crippen LogP contribution in [0.25, 0.3) is 0 Å². The van der Waals surface area contributed by atoms with Crippen LogP contribution >= 0.6 is 11.8 Å². The highest BCUT2D eigenvalue weighted by Crippen LogP contribution is 2.12. The normalized spacial score (nSPS) is 10.6. The lowest BCUT2D eigenvalue weighted by molar-refractivity contribution is 0.0956. The number of urea groups is 1. The Kier molecular flexibility index (Phi) is 8.88. The minimum Gasteiger partial charge on any atom is -0.351 e. The van der Waals surface area contributed by atoms with E-state index in [4.69, 9.17) is 0 Å². The maximum atomic E-state index is 12.2. The number of amides is 3. The van der Waals surface area contributed by atoms with E-state index < -0.39 is 0 Å². The van der Waals surface area contributed by atoms with Crippen LogP contribution in [-0.4, -0.2) is 30.3 Å². The molecule has 0 saturated carbocycles. The van der Waals surface area contributed by atoms with Crippen molar-refractivity contribution in [1.82, 2.24) is 16.0 Å². The first-order chi connectivity index (χ1) is 13.4. The zero-order valence-electron chi connectivity index (χ0n) is 16.7. The van der Waals surface area contributed by atoms with Gasteiger partial charge in [-0.1, -0.05) is 42.0 Å². The van der Waals surface area contributed by atoms with Gasteiger partial charge in [-0.05, 0) is 44.0 Å². The van der Waals surface area contributed by atoms with Gasteiger partial charge in [0, 0.05) is 36.2 Å². The Morgan fingerprint density at radius 3 is 2.21 bits per heavy atom. The molecular formula is C22H29N3O2S. The summed E-state index contributed by atoms with van der Waals surface area (Å²) in [7, 11) is 0. The van der Waals surface area contributed by atoms with Gasteiger partial charge >= 0.3 is 6.03 Å². The van der Waals surface area contributed by atoms with E-state index in [0.29, 0.717) is 18.7 Å².